The highest BCUT2D eigenvalue weighted by molar-refractivity contribution is 7.92. The average molecular weight is 474 g/mol. The number of aryl methyl sites for hydroxylation is 2. The average Bonchev–Trinajstić information content (AvgIpc) is 2.76. The van der Waals surface area contributed by atoms with Crippen LogP contribution in [0.3, 0.4) is 0 Å². The zero-order chi connectivity index (χ0) is 24.6. The molecule has 0 fully saturated rings. The molecule has 180 valence electrons. The lowest BCUT2D eigenvalue weighted by molar-refractivity contribution is -0.140. The van der Waals surface area contributed by atoms with Crippen LogP contribution in [0.1, 0.15) is 43.9 Å². The first kappa shape index (κ1) is 26.4. The Balaban J connectivity index is 2.41. The third-order valence-corrected chi connectivity index (χ3v) is 6.62. The number of likely N-dealkylation sites (N-methyl/N-ethyl adjacent to an activating group) is 1. The van der Waals surface area contributed by atoms with E-state index in [2.05, 4.69) is 5.32 Å². The van der Waals surface area contributed by atoms with E-state index >= 15 is 0 Å². The van der Waals surface area contributed by atoms with E-state index in [1.165, 1.54) is 4.90 Å². The zero-order valence-electron chi connectivity index (χ0n) is 20.2. The predicted octanol–water partition coefficient (Wildman–Crippen LogP) is 3.27. The summed E-state index contributed by atoms with van der Waals surface area (Å²) in [5.41, 5.74) is 3.41. The van der Waals surface area contributed by atoms with E-state index in [4.69, 9.17) is 0 Å². The second kappa shape index (κ2) is 11.8. The van der Waals surface area contributed by atoms with Gasteiger partial charge in [0.1, 0.15) is 12.6 Å². The zero-order valence-corrected chi connectivity index (χ0v) is 21.0. The molecule has 0 unspecified atom stereocenters. The van der Waals surface area contributed by atoms with Crippen LogP contribution in [-0.4, -0.2) is 50.5 Å². The van der Waals surface area contributed by atoms with E-state index in [9.17, 15) is 18.0 Å². The SMILES string of the molecule is CCNC(=O)[C@H](CC)N(Cc1cccc(C)c1)C(=O)CN(c1ccc(CC)cc1)S(C)(=O)=O. The molecule has 2 aromatic rings. The lowest BCUT2D eigenvalue weighted by atomic mass is 10.1. The summed E-state index contributed by atoms with van der Waals surface area (Å²) in [6.07, 6.45) is 2.32. The fourth-order valence-corrected chi connectivity index (χ4v) is 4.58. The lowest BCUT2D eigenvalue weighted by Crippen LogP contribution is -2.52. The molecule has 0 saturated heterocycles. The first-order chi connectivity index (χ1) is 15.6. The Morgan fingerprint density at radius 2 is 1.67 bits per heavy atom. The fraction of sp³-hybridized carbons (Fsp3) is 0.440. The largest absolute Gasteiger partial charge is 0.355 e. The van der Waals surface area contributed by atoms with Gasteiger partial charge in [0.15, 0.2) is 0 Å². The van der Waals surface area contributed by atoms with Crippen molar-refractivity contribution in [3.8, 4) is 0 Å². The van der Waals surface area contributed by atoms with Crippen LogP contribution in [-0.2, 0) is 32.6 Å². The Labute approximate surface area is 197 Å². The molecule has 0 aliphatic heterocycles. The minimum absolute atomic E-state index is 0.211. The van der Waals surface area contributed by atoms with E-state index in [0.29, 0.717) is 18.7 Å². The summed E-state index contributed by atoms with van der Waals surface area (Å²) in [7, 11) is -3.72. The number of sulfonamides is 1. The molecule has 2 amide bonds. The Kier molecular flexibility index (Phi) is 9.46. The van der Waals surface area contributed by atoms with Gasteiger partial charge >= 0.3 is 0 Å². The second-order valence-corrected chi connectivity index (χ2v) is 10.0. The molecule has 0 spiro atoms. The maximum absolute atomic E-state index is 13.5. The summed E-state index contributed by atoms with van der Waals surface area (Å²) in [4.78, 5) is 27.8. The monoisotopic (exact) mass is 473 g/mol. The summed E-state index contributed by atoms with van der Waals surface area (Å²) < 4.78 is 26.3. The molecule has 2 aromatic carbocycles. The van der Waals surface area contributed by atoms with E-state index in [0.717, 1.165) is 33.7 Å². The van der Waals surface area contributed by atoms with Crippen molar-refractivity contribution in [2.24, 2.45) is 0 Å². The number of nitrogens with one attached hydrogen (secondary N) is 1. The molecule has 33 heavy (non-hydrogen) atoms. The van der Waals surface area contributed by atoms with Crippen molar-refractivity contribution in [2.45, 2.75) is 53.1 Å². The summed E-state index contributed by atoms with van der Waals surface area (Å²) in [6, 6.07) is 14.1. The van der Waals surface area contributed by atoms with Gasteiger partial charge in [0.2, 0.25) is 21.8 Å². The van der Waals surface area contributed by atoms with Gasteiger partial charge in [-0.15, -0.1) is 0 Å². The van der Waals surface area contributed by atoms with E-state index < -0.39 is 22.0 Å². The number of rotatable bonds is 11. The molecule has 0 saturated carbocycles. The number of amides is 2. The standard InChI is InChI=1S/C25H35N3O4S/c1-6-20-12-14-22(15-13-20)28(33(5,31)32)18-24(29)27(23(7-2)25(30)26-8-3)17-21-11-9-10-19(4)16-21/h9-16,23H,6-8,17-18H2,1-5H3,(H,26,30)/t23-/m0/s1. The number of anilines is 1. The molecule has 8 heteroatoms. The van der Waals surface area contributed by atoms with Crippen LogP contribution in [0.2, 0.25) is 0 Å². The fourth-order valence-electron chi connectivity index (χ4n) is 3.73. The molecular formula is C25H35N3O4S. The van der Waals surface area contributed by atoms with E-state index in [-0.39, 0.29) is 19.0 Å². The Bertz CT molecular complexity index is 1050. The van der Waals surface area contributed by atoms with Crippen molar-refractivity contribution >= 4 is 27.5 Å². The topological polar surface area (TPSA) is 86.8 Å². The molecule has 0 aliphatic rings. The van der Waals surface area contributed by atoms with Crippen LogP contribution in [0.4, 0.5) is 5.69 Å². The van der Waals surface area contributed by atoms with Crippen molar-refractivity contribution in [2.75, 3.05) is 23.7 Å². The molecule has 0 radical (unpaired) electrons. The van der Waals surface area contributed by atoms with Crippen LogP contribution in [0, 0.1) is 6.92 Å². The van der Waals surface area contributed by atoms with Crippen LogP contribution < -0.4 is 9.62 Å². The molecule has 0 bridgehead atoms. The number of carbonyl (C=O) groups excluding carboxylic acids is 2. The first-order valence-corrected chi connectivity index (χ1v) is 13.1. The second-order valence-electron chi connectivity index (χ2n) is 8.12. The van der Waals surface area contributed by atoms with Crippen molar-refractivity contribution in [3.63, 3.8) is 0 Å². The molecule has 0 aliphatic carbocycles. The number of carbonyl (C=O) groups is 2. The molecular weight excluding hydrogens is 438 g/mol. The Morgan fingerprint density at radius 1 is 1.00 bits per heavy atom. The Hall–Kier alpha value is -2.87. The molecule has 1 atom stereocenters. The highest BCUT2D eigenvalue weighted by atomic mass is 32.2. The van der Waals surface area contributed by atoms with Gasteiger partial charge in [-0.25, -0.2) is 8.42 Å². The third kappa shape index (κ3) is 7.32. The third-order valence-electron chi connectivity index (χ3n) is 5.48. The maximum Gasteiger partial charge on any atom is 0.244 e. The van der Waals surface area contributed by atoms with Gasteiger partial charge in [0.05, 0.1) is 11.9 Å². The van der Waals surface area contributed by atoms with E-state index in [1.54, 1.807) is 12.1 Å². The number of hydrogen-bond donors (Lipinski definition) is 1. The quantitative estimate of drug-likeness (QED) is 0.543. The highest BCUT2D eigenvalue weighted by Gasteiger charge is 2.31. The first-order valence-electron chi connectivity index (χ1n) is 11.3. The van der Waals surface area contributed by atoms with Crippen LogP contribution in [0.25, 0.3) is 0 Å². The van der Waals surface area contributed by atoms with Gasteiger partial charge in [-0.1, -0.05) is 55.8 Å². The van der Waals surface area contributed by atoms with Gasteiger partial charge < -0.3 is 10.2 Å². The number of nitrogens with zero attached hydrogens (tertiary/aromatic N) is 2. The number of benzene rings is 2. The number of hydrogen-bond acceptors (Lipinski definition) is 4. The van der Waals surface area contributed by atoms with E-state index in [1.807, 2.05) is 64.1 Å². The van der Waals surface area contributed by atoms with Crippen LogP contribution in [0.5, 0.6) is 0 Å². The minimum atomic E-state index is -3.72. The smallest absolute Gasteiger partial charge is 0.244 e. The minimum Gasteiger partial charge on any atom is -0.355 e. The molecule has 0 heterocycles. The van der Waals surface area contributed by atoms with Gasteiger partial charge in [-0.3, -0.25) is 13.9 Å². The molecule has 0 aromatic heterocycles. The molecule has 1 N–H and O–H groups in total. The highest BCUT2D eigenvalue weighted by Crippen LogP contribution is 2.21. The normalized spacial score (nSPS) is 12.2. The van der Waals surface area contributed by atoms with Gasteiger partial charge in [0.25, 0.3) is 0 Å². The van der Waals surface area contributed by atoms with Crippen molar-refractivity contribution < 1.29 is 18.0 Å². The summed E-state index contributed by atoms with van der Waals surface area (Å²) in [5.74, 6) is -0.682. The predicted molar refractivity (Wildman–Crippen MR) is 133 cm³/mol. The Morgan fingerprint density at radius 3 is 2.18 bits per heavy atom. The summed E-state index contributed by atoms with van der Waals surface area (Å²) in [5, 5.41) is 2.79. The van der Waals surface area contributed by atoms with Crippen LogP contribution >= 0.6 is 0 Å². The van der Waals surface area contributed by atoms with Crippen LogP contribution in [0.15, 0.2) is 48.5 Å². The van der Waals surface area contributed by atoms with Crippen molar-refractivity contribution in [3.05, 3.63) is 65.2 Å². The maximum atomic E-state index is 13.5. The van der Waals surface area contributed by atoms with Crippen molar-refractivity contribution in [1.29, 1.82) is 0 Å². The summed E-state index contributed by atoms with van der Waals surface area (Å²) >= 11 is 0. The molecule has 2 rings (SSSR count). The van der Waals surface area contributed by atoms with Gasteiger partial charge in [-0.05, 0) is 49.9 Å². The summed E-state index contributed by atoms with van der Waals surface area (Å²) in [6.45, 7) is 7.91. The lowest BCUT2D eigenvalue weighted by Gasteiger charge is -2.33. The van der Waals surface area contributed by atoms with Gasteiger partial charge in [-0.2, -0.15) is 0 Å². The molecule has 7 nitrogen and oxygen atoms in total. The van der Waals surface area contributed by atoms with Gasteiger partial charge in [0, 0.05) is 13.1 Å². The van der Waals surface area contributed by atoms with Crippen molar-refractivity contribution in [1.82, 2.24) is 10.2 Å².